The maximum absolute atomic E-state index is 12.4. The van der Waals surface area contributed by atoms with Crippen LogP contribution in [0.15, 0.2) is 17.2 Å². The van der Waals surface area contributed by atoms with Gasteiger partial charge in [0.15, 0.2) is 5.82 Å². The minimum absolute atomic E-state index is 0.119. The summed E-state index contributed by atoms with van der Waals surface area (Å²) in [6.07, 6.45) is 8.43. The Kier molecular flexibility index (Phi) is 2.80. The third kappa shape index (κ3) is 2.04. The van der Waals surface area contributed by atoms with Crippen LogP contribution in [-0.2, 0) is 4.79 Å². The quantitative estimate of drug-likeness (QED) is 0.877. The third-order valence-corrected chi connectivity index (χ3v) is 5.31. The standard InChI is InChI=1S/C15H19N3O3/c19-14-13(16-5-6-18(14)10-3-4-10)17-12-9-2-1-8(7-9)11(12)15(20)21/h5-6,8-12H,1-4,7H2,(H,16,17)(H,20,21). The first-order valence-corrected chi connectivity index (χ1v) is 7.71. The molecule has 3 saturated carbocycles. The molecule has 0 amide bonds. The number of rotatable bonds is 4. The van der Waals surface area contributed by atoms with E-state index in [4.69, 9.17) is 0 Å². The molecule has 0 saturated heterocycles. The summed E-state index contributed by atoms with van der Waals surface area (Å²) in [5, 5.41) is 12.6. The van der Waals surface area contributed by atoms with Crippen LogP contribution in [-0.4, -0.2) is 26.7 Å². The fourth-order valence-corrected chi connectivity index (χ4v) is 4.18. The molecule has 4 atom stereocenters. The zero-order valence-corrected chi connectivity index (χ0v) is 11.7. The van der Waals surface area contributed by atoms with Gasteiger partial charge in [-0.25, -0.2) is 4.98 Å². The van der Waals surface area contributed by atoms with E-state index in [1.54, 1.807) is 17.0 Å². The number of aliphatic carboxylic acids is 1. The molecule has 4 rings (SSSR count). The number of anilines is 1. The molecule has 0 spiro atoms. The SMILES string of the molecule is O=C(O)C1C2CCC(C2)C1Nc1nccn(C2CC2)c1=O. The summed E-state index contributed by atoms with van der Waals surface area (Å²) in [4.78, 5) is 28.1. The molecule has 6 nitrogen and oxygen atoms in total. The summed E-state index contributed by atoms with van der Waals surface area (Å²) in [6, 6.07) is 0.146. The van der Waals surface area contributed by atoms with Gasteiger partial charge in [-0.1, -0.05) is 0 Å². The first-order valence-electron chi connectivity index (χ1n) is 7.71. The van der Waals surface area contributed by atoms with Crippen LogP contribution in [0, 0.1) is 17.8 Å². The van der Waals surface area contributed by atoms with E-state index in [0.717, 1.165) is 32.1 Å². The lowest BCUT2D eigenvalue weighted by Gasteiger charge is -2.29. The molecule has 21 heavy (non-hydrogen) atoms. The Balaban J connectivity index is 1.62. The second kappa shape index (κ2) is 4.58. The second-order valence-corrected chi connectivity index (χ2v) is 6.59. The Morgan fingerprint density at radius 1 is 1.29 bits per heavy atom. The summed E-state index contributed by atoms with van der Waals surface area (Å²) in [5.41, 5.74) is -0.119. The van der Waals surface area contributed by atoms with E-state index in [0.29, 0.717) is 17.8 Å². The van der Waals surface area contributed by atoms with Crippen LogP contribution in [0.1, 0.15) is 38.1 Å². The van der Waals surface area contributed by atoms with Crippen molar-refractivity contribution in [3.63, 3.8) is 0 Å². The van der Waals surface area contributed by atoms with Crippen LogP contribution < -0.4 is 10.9 Å². The lowest BCUT2D eigenvalue weighted by atomic mass is 9.84. The van der Waals surface area contributed by atoms with Gasteiger partial charge < -0.3 is 15.0 Å². The lowest BCUT2D eigenvalue weighted by molar-refractivity contribution is -0.143. The molecular weight excluding hydrogens is 270 g/mol. The highest BCUT2D eigenvalue weighted by atomic mass is 16.4. The van der Waals surface area contributed by atoms with Crippen molar-refractivity contribution in [1.82, 2.24) is 9.55 Å². The largest absolute Gasteiger partial charge is 0.481 e. The third-order valence-electron chi connectivity index (χ3n) is 5.31. The van der Waals surface area contributed by atoms with Crippen LogP contribution in [0.3, 0.4) is 0 Å². The van der Waals surface area contributed by atoms with Crippen molar-refractivity contribution in [3.05, 3.63) is 22.7 Å². The van der Waals surface area contributed by atoms with Gasteiger partial charge in [0.05, 0.1) is 5.92 Å². The fourth-order valence-electron chi connectivity index (χ4n) is 4.18. The van der Waals surface area contributed by atoms with E-state index in [1.807, 2.05) is 0 Å². The summed E-state index contributed by atoms with van der Waals surface area (Å²) in [7, 11) is 0. The molecule has 0 aromatic carbocycles. The Morgan fingerprint density at radius 3 is 2.76 bits per heavy atom. The molecule has 3 aliphatic rings. The van der Waals surface area contributed by atoms with Gasteiger partial charge in [-0.3, -0.25) is 9.59 Å². The van der Waals surface area contributed by atoms with Crippen LogP contribution in [0.25, 0.3) is 0 Å². The Bertz CT molecular complexity index is 637. The first-order chi connectivity index (χ1) is 10.1. The number of nitrogens with zero attached hydrogens (tertiary/aromatic N) is 2. The molecule has 2 N–H and O–H groups in total. The normalized spacial score (nSPS) is 34.1. The van der Waals surface area contributed by atoms with E-state index in [-0.39, 0.29) is 23.4 Å². The average molecular weight is 289 g/mol. The van der Waals surface area contributed by atoms with Crippen molar-refractivity contribution in [2.24, 2.45) is 17.8 Å². The predicted octanol–water partition coefficient (Wildman–Crippen LogP) is 1.49. The van der Waals surface area contributed by atoms with Gasteiger partial charge in [0.25, 0.3) is 5.56 Å². The minimum Gasteiger partial charge on any atom is -0.481 e. The van der Waals surface area contributed by atoms with E-state index < -0.39 is 5.97 Å². The smallest absolute Gasteiger partial charge is 0.308 e. The van der Waals surface area contributed by atoms with Crippen molar-refractivity contribution in [2.75, 3.05) is 5.32 Å². The maximum atomic E-state index is 12.4. The Hall–Kier alpha value is -1.85. The van der Waals surface area contributed by atoms with Crippen molar-refractivity contribution >= 4 is 11.8 Å². The molecule has 1 heterocycles. The van der Waals surface area contributed by atoms with E-state index in [1.165, 1.54) is 0 Å². The van der Waals surface area contributed by atoms with Gasteiger partial charge in [-0.05, 0) is 43.9 Å². The monoisotopic (exact) mass is 289 g/mol. The number of hydrogen-bond donors (Lipinski definition) is 2. The summed E-state index contributed by atoms with van der Waals surface area (Å²) in [6.45, 7) is 0. The van der Waals surface area contributed by atoms with Gasteiger partial charge in [-0.2, -0.15) is 0 Å². The van der Waals surface area contributed by atoms with Crippen LogP contribution in [0.2, 0.25) is 0 Å². The number of carboxylic acid groups (broad SMARTS) is 1. The molecule has 2 bridgehead atoms. The second-order valence-electron chi connectivity index (χ2n) is 6.59. The summed E-state index contributed by atoms with van der Waals surface area (Å²) in [5.74, 6) is -0.225. The highest BCUT2D eigenvalue weighted by molar-refractivity contribution is 5.73. The zero-order chi connectivity index (χ0) is 14.6. The number of hydrogen-bond acceptors (Lipinski definition) is 4. The lowest BCUT2D eigenvalue weighted by Crippen LogP contribution is -2.41. The molecule has 0 radical (unpaired) electrons. The van der Waals surface area contributed by atoms with Crippen LogP contribution in [0.5, 0.6) is 0 Å². The summed E-state index contributed by atoms with van der Waals surface area (Å²) >= 11 is 0. The topological polar surface area (TPSA) is 84.2 Å². The molecular formula is C15H19N3O3. The number of nitrogens with one attached hydrogen (secondary N) is 1. The molecule has 3 aliphatic carbocycles. The Morgan fingerprint density at radius 2 is 2.05 bits per heavy atom. The average Bonchev–Trinajstić information content (AvgIpc) is 3.10. The number of carboxylic acids is 1. The van der Waals surface area contributed by atoms with Gasteiger partial charge in [0, 0.05) is 24.5 Å². The molecule has 112 valence electrons. The number of fused-ring (bicyclic) bond motifs is 2. The summed E-state index contributed by atoms with van der Waals surface area (Å²) < 4.78 is 1.72. The van der Waals surface area contributed by atoms with Gasteiger partial charge in [0.1, 0.15) is 0 Å². The Labute approximate surface area is 122 Å². The van der Waals surface area contributed by atoms with Gasteiger partial charge in [0.2, 0.25) is 0 Å². The molecule has 3 fully saturated rings. The highest BCUT2D eigenvalue weighted by Crippen LogP contribution is 2.49. The van der Waals surface area contributed by atoms with Crippen molar-refractivity contribution in [3.8, 4) is 0 Å². The van der Waals surface area contributed by atoms with Crippen LogP contribution in [0.4, 0.5) is 5.82 Å². The van der Waals surface area contributed by atoms with E-state index >= 15 is 0 Å². The molecule has 0 aliphatic heterocycles. The first kappa shape index (κ1) is 12.9. The molecule has 4 unspecified atom stereocenters. The number of aromatic nitrogens is 2. The highest BCUT2D eigenvalue weighted by Gasteiger charge is 2.51. The van der Waals surface area contributed by atoms with Crippen LogP contribution >= 0.6 is 0 Å². The fraction of sp³-hybridized carbons (Fsp3) is 0.667. The number of carbonyl (C=O) groups is 1. The van der Waals surface area contributed by atoms with E-state index in [9.17, 15) is 14.7 Å². The van der Waals surface area contributed by atoms with Gasteiger partial charge in [-0.15, -0.1) is 0 Å². The minimum atomic E-state index is -0.752. The molecule has 1 aromatic rings. The predicted molar refractivity (Wildman–Crippen MR) is 76.1 cm³/mol. The molecule has 6 heteroatoms. The van der Waals surface area contributed by atoms with Crippen molar-refractivity contribution in [1.29, 1.82) is 0 Å². The molecule has 1 aromatic heterocycles. The van der Waals surface area contributed by atoms with E-state index in [2.05, 4.69) is 10.3 Å². The maximum Gasteiger partial charge on any atom is 0.308 e. The van der Waals surface area contributed by atoms with Crippen molar-refractivity contribution < 1.29 is 9.90 Å². The van der Waals surface area contributed by atoms with Gasteiger partial charge >= 0.3 is 5.97 Å². The van der Waals surface area contributed by atoms with Crippen molar-refractivity contribution in [2.45, 2.75) is 44.2 Å². The zero-order valence-electron chi connectivity index (χ0n) is 11.7.